The minimum absolute atomic E-state index is 0.0413. The van der Waals surface area contributed by atoms with E-state index in [0.717, 1.165) is 0 Å². The zero-order valence-electron chi connectivity index (χ0n) is 8.60. The molecule has 0 saturated heterocycles. The van der Waals surface area contributed by atoms with Crippen molar-refractivity contribution < 1.29 is 17.9 Å². The molecule has 0 saturated carbocycles. The molecule has 0 aliphatic carbocycles. The lowest BCUT2D eigenvalue weighted by Crippen LogP contribution is -2.36. The predicted molar refractivity (Wildman–Crippen MR) is 60.6 cm³/mol. The van der Waals surface area contributed by atoms with E-state index in [2.05, 4.69) is 0 Å². The normalized spacial score (nSPS) is 13.5. The molecule has 2 N–H and O–H groups in total. The minimum atomic E-state index is -4.50. The van der Waals surface area contributed by atoms with Crippen LogP contribution in [0.1, 0.15) is 6.42 Å². The number of nitrogens with two attached hydrogens (primary N) is 1. The highest BCUT2D eigenvalue weighted by atomic mass is 35.5. The van der Waals surface area contributed by atoms with E-state index in [9.17, 15) is 13.2 Å². The van der Waals surface area contributed by atoms with Crippen LogP contribution in [-0.2, 0) is 0 Å². The summed E-state index contributed by atoms with van der Waals surface area (Å²) in [4.78, 5) is 0. The van der Waals surface area contributed by atoms with Gasteiger partial charge in [-0.1, -0.05) is 29.3 Å². The van der Waals surface area contributed by atoms with Crippen LogP contribution in [0.2, 0.25) is 10.0 Å². The van der Waals surface area contributed by atoms with E-state index in [1.165, 1.54) is 18.2 Å². The van der Waals surface area contributed by atoms with Gasteiger partial charge < -0.3 is 10.5 Å². The van der Waals surface area contributed by atoms with Gasteiger partial charge in [0.1, 0.15) is 10.8 Å². The summed E-state index contributed by atoms with van der Waals surface area (Å²) < 4.78 is 42.5. The molecule has 1 aromatic carbocycles. The third kappa shape index (κ3) is 3.94. The Bertz CT molecular complexity index is 384. The van der Waals surface area contributed by atoms with E-state index in [-0.39, 0.29) is 28.8 Å². The first-order valence-corrected chi connectivity index (χ1v) is 5.49. The largest absolute Gasteiger partial charge is 0.479 e. The van der Waals surface area contributed by atoms with Gasteiger partial charge >= 0.3 is 6.18 Å². The van der Waals surface area contributed by atoms with E-state index in [0.29, 0.717) is 0 Å². The minimum Gasteiger partial charge on any atom is -0.479 e. The number of alkyl halides is 3. The van der Waals surface area contributed by atoms with Gasteiger partial charge in [0.15, 0.2) is 6.10 Å². The molecular weight excluding hydrogens is 278 g/mol. The Hall–Kier alpha value is -0.650. The molecule has 2 nitrogen and oxygen atoms in total. The standard InChI is InChI=1S/C10H10Cl2F3NO/c11-6-2-1-3-7(9(6)12)17-8(4-5-16)10(13,14)15/h1-3,8H,4-5,16H2. The lowest BCUT2D eigenvalue weighted by atomic mass is 10.2. The van der Waals surface area contributed by atoms with Gasteiger partial charge in [-0.3, -0.25) is 0 Å². The number of hydrogen-bond donors (Lipinski definition) is 1. The molecule has 0 aliphatic heterocycles. The quantitative estimate of drug-likeness (QED) is 0.917. The van der Waals surface area contributed by atoms with Gasteiger partial charge in [-0.05, 0) is 18.7 Å². The summed E-state index contributed by atoms with van der Waals surface area (Å²) >= 11 is 11.4. The van der Waals surface area contributed by atoms with Gasteiger partial charge in [0.25, 0.3) is 0 Å². The van der Waals surface area contributed by atoms with Crippen LogP contribution in [0, 0.1) is 0 Å². The van der Waals surface area contributed by atoms with Crippen LogP contribution in [0.15, 0.2) is 18.2 Å². The van der Waals surface area contributed by atoms with Crippen LogP contribution in [0.3, 0.4) is 0 Å². The molecule has 0 aromatic heterocycles. The maximum atomic E-state index is 12.6. The number of rotatable bonds is 4. The molecule has 96 valence electrons. The summed E-state index contributed by atoms with van der Waals surface area (Å²) in [5.41, 5.74) is 5.11. The van der Waals surface area contributed by atoms with E-state index in [1.807, 2.05) is 0 Å². The molecule has 17 heavy (non-hydrogen) atoms. The molecular formula is C10H10Cl2F3NO. The first kappa shape index (κ1) is 14.4. The maximum Gasteiger partial charge on any atom is 0.425 e. The van der Waals surface area contributed by atoms with Crippen molar-refractivity contribution in [3.8, 4) is 5.75 Å². The second-order valence-electron chi connectivity index (χ2n) is 3.28. The second kappa shape index (κ2) is 5.80. The summed E-state index contributed by atoms with van der Waals surface area (Å²) in [6.07, 6.45) is -6.82. The zero-order valence-corrected chi connectivity index (χ0v) is 10.1. The van der Waals surface area contributed by atoms with E-state index < -0.39 is 12.3 Å². The molecule has 7 heteroatoms. The van der Waals surface area contributed by atoms with Crippen LogP contribution in [0.25, 0.3) is 0 Å². The highest BCUT2D eigenvalue weighted by molar-refractivity contribution is 6.42. The van der Waals surface area contributed by atoms with Crippen molar-refractivity contribution in [3.05, 3.63) is 28.2 Å². The van der Waals surface area contributed by atoms with Gasteiger partial charge in [-0.25, -0.2) is 0 Å². The third-order valence-electron chi connectivity index (χ3n) is 1.98. The van der Waals surface area contributed by atoms with Crippen molar-refractivity contribution in [2.24, 2.45) is 5.73 Å². The molecule has 0 spiro atoms. The number of halogens is 5. The number of ether oxygens (including phenoxy) is 1. The fraction of sp³-hybridized carbons (Fsp3) is 0.400. The molecule has 0 radical (unpaired) electrons. The molecule has 1 aromatic rings. The van der Waals surface area contributed by atoms with Crippen LogP contribution < -0.4 is 10.5 Å². The smallest absolute Gasteiger partial charge is 0.425 e. The monoisotopic (exact) mass is 287 g/mol. The van der Waals surface area contributed by atoms with Crippen LogP contribution in [-0.4, -0.2) is 18.8 Å². The van der Waals surface area contributed by atoms with Gasteiger partial charge in [0, 0.05) is 6.42 Å². The Balaban J connectivity index is 2.90. The Kier molecular flexibility index (Phi) is 4.91. The van der Waals surface area contributed by atoms with E-state index in [4.69, 9.17) is 33.7 Å². The summed E-state index contributed by atoms with van der Waals surface area (Å²) in [5, 5.41) is 0.0956. The lowest BCUT2D eigenvalue weighted by molar-refractivity contribution is -0.196. The second-order valence-corrected chi connectivity index (χ2v) is 4.06. The van der Waals surface area contributed by atoms with Crippen molar-refractivity contribution in [1.29, 1.82) is 0 Å². The van der Waals surface area contributed by atoms with Crippen molar-refractivity contribution in [1.82, 2.24) is 0 Å². The fourth-order valence-electron chi connectivity index (χ4n) is 1.17. The molecule has 1 atom stereocenters. The molecule has 0 amide bonds. The molecule has 0 fully saturated rings. The first-order chi connectivity index (χ1) is 7.86. The van der Waals surface area contributed by atoms with Crippen molar-refractivity contribution in [3.63, 3.8) is 0 Å². The van der Waals surface area contributed by atoms with Gasteiger partial charge in [0.05, 0.1) is 5.02 Å². The molecule has 1 rings (SSSR count). The van der Waals surface area contributed by atoms with Crippen molar-refractivity contribution in [2.45, 2.75) is 18.7 Å². The maximum absolute atomic E-state index is 12.6. The predicted octanol–water partition coefficient (Wildman–Crippen LogP) is 3.65. The van der Waals surface area contributed by atoms with E-state index in [1.54, 1.807) is 0 Å². The van der Waals surface area contributed by atoms with Crippen LogP contribution in [0.4, 0.5) is 13.2 Å². The van der Waals surface area contributed by atoms with Gasteiger partial charge in [0.2, 0.25) is 0 Å². The van der Waals surface area contributed by atoms with Gasteiger partial charge in [-0.2, -0.15) is 13.2 Å². The molecule has 0 heterocycles. The van der Waals surface area contributed by atoms with Gasteiger partial charge in [-0.15, -0.1) is 0 Å². The number of hydrogen-bond acceptors (Lipinski definition) is 2. The Morgan fingerprint density at radius 3 is 2.47 bits per heavy atom. The fourth-order valence-corrected chi connectivity index (χ4v) is 1.51. The molecule has 1 unspecified atom stereocenters. The van der Waals surface area contributed by atoms with E-state index >= 15 is 0 Å². The summed E-state index contributed by atoms with van der Waals surface area (Å²) in [6, 6.07) is 4.24. The molecule has 0 aliphatic rings. The SMILES string of the molecule is NCCC(Oc1cccc(Cl)c1Cl)C(F)(F)F. The Morgan fingerprint density at radius 1 is 1.29 bits per heavy atom. The number of benzene rings is 1. The summed E-state index contributed by atoms with van der Waals surface area (Å²) in [7, 11) is 0. The third-order valence-corrected chi connectivity index (χ3v) is 2.78. The Morgan fingerprint density at radius 2 is 1.94 bits per heavy atom. The average molecular weight is 288 g/mol. The topological polar surface area (TPSA) is 35.2 Å². The highest BCUT2D eigenvalue weighted by Crippen LogP contribution is 2.35. The summed E-state index contributed by atoms with van der Waals surface area (Å²) in [5.74, 6) is -0.102. The first-order valence-electron chi connectivity index (χ1n) is 4.73. The summed E-state index contributed by atoms with van der Waals surface area (Å²) in [6.45, 7) is -0.137. The Labute approximate surface area is 106 Å². The average Bonchev–Trinajstić information content (AvgIpc) is 2.22. The van der Waals surface area contributed by atoms with Crippen LogP contribution >= 0.6 is 23.2 Å². The highest BCUT2D eigenvalue weighted by Gasteiger charge is 2.41. The zero-order chi connectivity index (χ0) is 13.1. The van der Waals surface area contributed by atoms with Crippen LogP contribution in [0.5, 0.6) is 5.75 Å². The molecule has 0 bridgehead atoms. The lowest BCUT2D eigenvalue weighted by Gasteiger charge is -2.21. The van der Waals surface area contributed by atoms with Crippen molar-refractivity contribution >= 4 is 23.2 Å². The van der Waals surface area contributed by atoms with Crippen molar-refractivity contribution in [2.75, 3.05) is 6.54 Å².